The van der Waals surface area contributed by atoms with Gasteiger partial charge in [-0.2, -0.15) is 0 Å². The fraction of sp³-hybridized carbons (Fsp3) is 0.450. The molecule has 166 valence electrons. The second-order valence-electron chi connectivity index (χ2n) is 7.89. The quantitative estimate of drug-likeness (QED) is 0.556. The second-order valence-corrected chi connectivity index (χ2v) is 8.32. The Morgan fingerprint density at radius 2 is 1.71 bits per heavy atom. The maximum absolute atomic E-state index is 13.1. The Labute approximate surface area is 182 Å². The van der Waals surface area contributed by atoms with E-state index in [0.29, 0.717) is 10.5 Å². The minimum absolute atomic E-state index is 0.0119. The van der Waals surface area contributed by atoms with Crippen LogP contribution >= 0.6 is 11.6 Å². The summed E-state index contributed by atoms with van der Waals surface area (Å²) < 4.78 is 3.53. The van der Waals surface area contributed by atoms with E-state index >= 15 is 0 Å². The maximum Gasteiger partial charge on any atom is 0.352 e. The van der Waals surface area contributed by atoms with Gasteiger partial charge in [0, 0.05) is 30.1 Å². The summed E-state index contributed by atoms with van der Waals surface area (Å²) in [7, 11) is 0. The van der Waals surface area contributed by atoms with Crippen molar-refractivity contribution in [2.24, 2.45) is 0 Å². The topological polar surface area (TPSA) is 120 Å². The Morgan fingerprint density at radius 3 is 2.35 bits per heavy atom. The van der Waals surface area contributed by atoms with E-state index in [1.807, 2.05) is 27.7 Å². The molecule has 0 radical (unpaired) electrons. The number of rotatable bonds is 7. The van der Waals surface area contributed by atoms with Gasteiger partial charge in [0.2, 0.25) is 17.6 Å². The lowest BCUT2D eigenvalue weighted by molar-refractivity contribution is -0.123. The van der Waals surface area contributed by atoms with Gasteiger partial charge >= 0.3 is 5.69 Å². The summed E-state index contributed by atoms with van der Waals surface area (Å²) in [5.74, 6) is -0.554. The first-order valence-electron chi connectivity index (χ1n) is 9.99. The van der Waals surface area contributed by atoms with Crippen LogP contribution in [0.3, 0.4) is 0 Å². The molecule has 0 aliphatic heterocycles. The van der Waals surface area contributed by atoms with Crippen LogP contribution in [0.4, 0.5) is 0 Å². The van der Waals surface area contributed by atoms with E-state index in [2.05, 4.69) is 15.7 Å². The smallest absolute Gasteiger partial charge is 0.352 e. The van der Waals surface area contributed by atoms with E-state index in [4.69, 9.17) is 11.6 Å². The zero-order valence-electron chi connectivity index (χ0n) is 17.8. The summed E-state index contributed by atoms with van der Waals surface area (Å²) in [4.78, 5) is 50.5. The lowest BCUT2D eigenvalue weighted by Crippen LogP contribution is -2.36. The number of nitrogens with zero attached hydrogens (tertiary/aromatic N) is 4. The number of aryl methyl sites for hydroxylation is 1. The summed E-state index contributed by atoms with van der Waals surface area (Å²) in [6.45, 7) is 7.00. The van der Waals surface area contributed by atoms with E-state index < -0.39 is 11.2 Å². The van der Waals surface area contributed by atoms with Gasteiger partial charge in [-0.1, -0.05) is 11.6 Å². The van der Waals surface area contributed by atoms with Crippen LogP contribution in [0.15, 0.2) is 27.8 Å². The molecule has 0 spiro atoms. The van der Waals surface area contributed by atoms with Crippen molar-refractivity contribution in [3.05, 3.63) is 44.1 Å². The molecule has 11 heteroatoms. The molecule has 2 heterocycles. The molecule has 0 atom stereocenters. The zero-order valence-corrected chi connectivity index (χ0v) is 18.6. The molecule has 0 fully saturated rings. The third-order valence-corrected chi connectivity index (χ3v) is 4.73. The molecule has 2 aromatic heterocycles. The van der Waals surface area contributed by atoms with Crippen LogP contribution in [0.1, 0.15) is 34.1 Å². The summed E-state index contributed by atoms with van der Waals surface area (Å²) in [6.07, 6.45) is 0.0225. The Morgan fingerprint density at radius 1 is 1.06 bits per heavy atom. The van der Waals surface area contributed by atoms with Gasteiger partial charge < -0.3 is 10.6 Å². The van der Waals surface area contributed by atoms with E-state index in [1.165, 1.54) is 15.0 Å². The molecule has 0 aliphatic carbocycles. The third-order valence-electron chi connectivity index (χ3n) is 4.49. The number of nitrogens with one attached hydrogen (secondary N) is 2. The summed E-state index contributed by atoms with van der Waals surface area (Å²) in [6, 6.07) is 4.46. The monoisotopic (exact) mass is 448 g/mol. The third kappa shape index (κ3) is 4.79. The van der Waals surface area contributed by atoms with Crippen LogP contribution in [0.5, 0.6) is 0 Å². The van der Waals surface area contributed by atoms with Crippen molar-refractivity contribution < 1.29 is 9.59 Å². The number of carbonyl (C=O) groups is 2. The number of carbonyl (C=O) groups excluding carboxylic acids is 2. The maximum atomic E-state index is 13.1. The molecule has 0 saturated carbocycles. The highest BCUT2D eigenvalue weighted by atomic mass is 35.5. The van der Waals surface area contributed by atoms with Crippen molar-refractivity contribution in [1.82, 2.24) is 29.4 Å². The van der Waals surface area contributed by atoms with Gasteiger partial charge in [0.05, 0.1) is 10.9 Å². The molecule has 0 unspecified atom stereocenters. The molecule has 1 aromatic carbocycles. The summed E-state index contributed by atoms with van der Waals surface area (Å²) >= 11 is 6.07. The first-order valence-corrected chi connectivity index (χ1v) is 10.4. The first-order chi connectivity index (χ1) is 14.6. The SMILES string of the molecule is CC(C)NC(=O)CCn1c(=O)c2cc(Cl)ccc2n2c(=O)n(CC(=O)NC(C)C)nc12. The minimum atomic E-state index is -0.568. The Balaban J connectivity index is 2.16. The molecular formula is C20H25ClN6O4. The minimum Gasteiger partial charge on any atom is -0.354 e. The number of benzene rings is 1. The van der Waals surface area contributed by atoms with E-state index in [9.17, 15) is 19.2 Å². The van der Waals surface area contributed by atoms with E-state index in [1.54, 1.807) is 12.1 Å². The van der Waals surface area contributed by atoms with Gasteiger partial charge in [0.15, 0.2) is 0 Å². The van der Waals surface area contributed by atoms with E-state index in [-0.39, 0.29) is 54.6 Å². The highest BCUT2D eigenvalue weighted by molar-refractivity contribution is 6.31. The van der Waals surface area contributed by atoms with Crippen molar-refractivity contribution in [1.29, 1.82) is 0 Å². The van der Waals surface area contributed by atoms with Crippen molar-refractivity contribution in [2.45, 2.75) is 59.3 Å². The molecule has 2 N–H and O–H groups in total. The summed E-state index contributed by atoms with van der Waals surface area (Å²) in [5, 5.41) is 10.3. The van der Waals surface area contributed by atoms with Gasteiger partial charge in [-0.15, -0.1) is 5.10 Å². The number of amides is 2. The Kier molecular flexibility index (Phi) is 6.49. The summed E-state index contributed by atoms with van der Waals surface area (Å²) in [5.41, 5.74) is -0.666. The van der Waals surface area contributed by atoms with Crippen LogP contribution < -0.4 is 21.9 Å². The zero-order chi connectivity index (χ0) is 22.9. The normalized spacial score (nSPS) is 11.6. The number of halogens is 1. The molecule has 0 aliphatic rings. The van der Waals surface area contributed by atoms with Crippen LogP contribution in [0.2, 0.25) is 5.02 Å². The fourth-order valence-electron chi connectivity index (χ4n) is 3.31. The molecule has 31 heavy (non-hydrogen) atoms. The van der Waals surface area contributed by atoms with Crippen molar-refractivity contribution in [3.63, 3.8) is 0 Å². The number of fused-ring (bicyclic) bond motifs is 3. The number of hydrogen-bond acceptors (Lipinski definition) is 5. The molecule has 2 amide bonds. The highest BCUT2D eigenvalue weighted by Crippen LogP contribution is 2.17. The fourth-order valence-corrected chi connectivity index (χ4v) is 3.48. The molecule has 10 nitrogen and oxygen atoms in total. The lowest BCUT2D eigenvalue weighted by atomic mass is 10.2. The van der Waals surface area contributed by atoms with Crippen LogP contribution in [-0.4, -0.2) is 42.6 Å². The molecule has 0 bridgehead atoms. The average Bonchev–Trinajstić information content (AvgIpc) is 2.96. The van der Waals surface area contributed by atoms with Gasteiger partial charge in [0.25, 0.3) is 5.56 Å². The predicted molar refractivity (Wildman–Crippen MR) is 117 cm³/mol. The largest absolute Gasteiger partial charge is 0.354 e. The Hall–Kier alpha value is -3.14. The van der Waals surface area contributed by atoms with Crippen molar-refractivity contribution >= 4 is 40.1 Å². The van der Waals surface area contributed by atoms with Crippen molar-refractivity contribution in [3.8, 4) is 0 Å². The second kappa shape index (κ2) is 8.93. The van der Waals surface area contributed by atoms with Gasteiger partial charge in [0.1, 0.15) is 6.54 Å². The average molecular weight is 449 g/mol. The standard InChI is InChI=1S/C20H25ClN6O4/c1-11(2)22-16(28)7-8-25-18(30)14-9-13(21)5-6-15(14)27-19(25)24-26(20(27)31)10-17(29)23-12(3)4/h5-6,9,11-12H,7-8,10H2,1-4H3,(H,22,28)(H,23,29). The first kappa shape index (κ1) is 22.5. The lowest BCUT2D eigenvalue weighted by Gasteiger charge is -2.11. The number of hydrogen-bond donors (Lipinski definition) is 2. The highest BCUT2D eigenvalue weighted by Gasteiger charge is 2.19. The van der Waals surface area contributed by atoms with Gasteiger partial charge in [-0.25, -0.2) is 13.9 Å². The predicted octanol–water partition coefficient (Wildman–Crippen LogP) is 0.904. The van der Waals surface area contributed by atoms with Gasteiger partial charge in [-0.3, -0.25) is 19.0 Å². The van der Waals surface area contributed by atoms with Gasteiger partial charge in [-0.05, 0) is 45.9 Å². The van der Waals surface area contributed by atoms with Crippen LogP contribution in [0.25, 0.3) is 16.7 Å². The molecular weight excluding hydrogens is 424 g/mol. The van der Waals surface area contributed by atoms with Crippen LogP contribution in [0, 0.1) is 0 Å². The molecule has 3 rings (SSSR count). The van der Waals surface area contributed by atoms with Crippen LogP contribution in [-0.2, 0) is 22.7 Å². The molecule has 0 saturated heterocycles. The van der Waals surface area contributed by atoms with Crippen molar-refractivity contribution in [2.75, 3.05) is 0 Å². The number of aromatic nitrogens is 4. The Bertz CT molecular complexity index is 1270. The van der Waals surface area contributed by atoms with E-state index in [0.717, 1.165) is 4.68 Å². The molecule has 3 aromatic rings.